The van der Waals surface area contributed by atoms with E-state index in [1.807, 2.05) is 7.05 Å². The second-order valence-electron chi connectivity index (χ2n) is 6.76. The first kappa shape index (κ1) is 19.1. The van der Waals surface area contributed by atoms with Crippen LogP contribution < -0.4 is 5.32 Å². The summed E-state index contributed by atoms with van der Waals surface area (Å²) in [7, 11) is 1.84. The van der Waals surface area contributed by atoms with E-state index >= 15 is 0 Å². The molecule has 1 aromatic rings. The molecule has 9 heteroatoms. The topological polar surface area (TPSA) is 79.7 Å². The minimum Gasteiger partial charge on any atom is -0.378 e. The van der Waals surface area contributed by atoms with Gasteiger partial charge in [0.15, 0.2) is 0 Å². The molecule has 2 amide bonds. The van der Waals surface area contributed by atoms with Gasteiger partial charge in [0.05, 0.1) is 25.5 Å². The van der Waals surface area contributed by atoms with Gasteiger partial charge >= 0.3 is 0 Å². The molecule has 0 unspecified atom stereocenters. The summed E-state index contributed by atoms with van der Waals surface area (Å²) in [6.45, 7) is 5.81. The molecule has 144 valence electrons. The van der Waals surface area contributed by atoms with Crippen molar-refractivity contribution in [3.63, 3.8) is 0 Å². The zero-order valence-corrected chi connectivity index (χ0v) is 16.1. The molecule has 2 saturated heterocycles. The van der Waals surface area contributed by atoms with Crippen LogP contribution >= 0.6 is 11.6 Å². The lowest BCUT2D eigenvalue weighted by Crippen LogP contribution is -2.52. The lowest BCUT2D eigenvalue weighted by Gasteiger charge is -2.36. The number of nitrogens with one attached hydrogen (secondary N) is 1. The Kier molecular flexibility index (Phi) is 6.16. The van der Waals surface area contributed by atoms with Crippen LogP contribution in [0.2, 0.25) is 5.15 Å². The molecule has 2 aliphatic rings. The normalized spacial score (nSPS) is 21.7. The first-order chi connectivity index (χ1) is 12.5. The number of carbonyl (C=O) groups is 2. The number of halogens is 1. The molecular formula is C17H26ClN5O3. The van der Waals surface area contributed by atoms with Crippen LogP contribution in [0.15, 0.2) is 0 Å². The molecule has 0 spiro atoms. The van der Waals surface area contributed by atoms with Crippen molar-refractivity contribution in [2.75, 3.05) is 39.4 Å². The number of rotatable bonds is 5. The van der Waals surface area contributed by atoms with Gasteiger partial charge in [-0.3, -0.25) is 19.2 Å². The largest absolute Gasteiger partial charge is 0.378 e. The van der Waals surface area contributed by atoms with Gasteiger partial charge in [0.1, 0.15) is 5.15 Å². The van der Waals surface area contributed by atoms with E-state index in [1.165, 1.54) is 0 Å². The van der Waals surface area contributed by atoms with Gasteiger partial charge in [-0.05, 0) is 6.42 Å². The molecule has 0 aromatic carbocycles. The lowest BCUT2D eigenvalue weighted by atomic mass is 10.1. The minimum atomic E-state index is -0.101. The van der Waals surface area contributed by atoms with Crippen molar-refractivity contribution < 1.29 is 14.3 Å². The summed E-state index contributed by atoms with van der Waals surface area (Å²) < 4.78 is 7.30. The van der Waals surface area contributed by atoms with Gasteiger partial charge in [-0.25, -0.2) is 0 Å². The van der Waals surface area contributed by atoms with Crippen molar-refractivity contribution in [1.82, 2.24) is 24.9 Å². The van der Waals surface area contributed by atoms with Crippen molar-refractivity contribution in [1.29, 1.82) is 0 Å². The Morgan fingerprint density at radius 2 is 2.23 bits per heavy atom. The molecule has 1 N–H and O–H groups in total. The number of ether oxygens (including phenoxy) is 1. The zero-order valence-electron chi connectivity index (χ0n) is 15.3. The number of aromatic nitrogens is 2. The molecule has 26 heavy (non-hydrogen) atoms. The molecule has 0 saturated carbocycles. The number of hydrogen-bond acceptors (Lipinski definition) is 5. The third kappa shape index (κ3) is 4.19. The van der Waals surface area contributed by atoms with Crippen molar-refractivity contribution in [3.05, 3.63) is 16.4 Å². The van der Waals surface area contributed by atoms with Gasteiger partial charge < -0.3 is 15.0 Å². The number of amides is 2. The fraction of sp³-hybridized carbons (Fsp3) is 0.706. The van der Waals surface area contributed by atoms with E-state index in [0.717, 1.165) is 24.2 Å². The van der Waals surface area contributed by atoms with E-state index in [9.17, 15) is 9.59 Å². The Labute approximate surface area is 158 Å². The summed E-state index contributed by atoms with van der Waals surface area (Å²) in [4.78, 5) is 28.0. The Hall–Kier alpha value is -1.64. The number of morpholine rings is 1. The minimum absolute atomic E-state index is 0.00616. The van der Waals surface area contributed by atoms with E-state index in [1.54, 1.807) is 9.58 Å². The lowest BCUT2D eigenvalue weighted by molar-refractivity contribution is -0.140. The molecule has 1 aromatic heterocycles. The van der Waals surface area contributed by atoms with E-state index < -0.39 is 0 Å². The average molecular weight is 384 g/mol. The van der Waals surface area contributed by atoms with Crippen LogP contribution in [0.3, 0.4) is 0 Å². The molecule has 0 bridgehead atoms. The summed E-state index contributed by atoms with van der Waals surface area (Å²) in [6.07, 6.45) is 1.15. The predicted octanol–water partition coefficient (Wildman–Crippen LogP) is 0.185. The third-order valence-corrected chi connectivity index (χ3v) is 5.47. The predicted molar refractivity (Wildman–Crippen MR) is 96.8 cm³/mol. The highest BCUT2D eigenvalue weighted by molar-refractivity contribution is 6.30. The van der Waals surface area contributed by atoms with Gasteiger partial charge in [-0.15, -0.1) is 0 Å². The fourth-order valence-electron chi connectivity index (χ4n) is 3.51. The van der Waals surface area contributed by atoms with Crippen LogP contribution in [-0.4, -0.2) is 76.8 Å². The Balaban J connectivity index is 1.68. The number of hydrogen-bond donors (Lipinski definition) is 1. The summed E-state index contributed by atoms with van der Waals surface area (Å²) >= 11 is 6.43. The summed E-state index contributed by atoms with van der Waals surface area (Å²) in [5, 5.41) is 7.85. The number of carbonyl (C=O) groups excluding carboxylic acids is 2. The highest BCUT2D eigenvalue weighted by Crippen LogP contribution is 2.24. The van der Waals surface area contributed by atoms with Crippen molar-refractivity contribution in [2.24, 2.45) is 7.05 Å². The van der Waals surface area contributed by atoms with Crippen molar-refractivity contribution >= 4 is 23.4 Å². The maximum Gasteiger partial charge on any atom is 0.239 e. The third-order valence-electron chi connectivity index (χ3n) is 5.00. The molecule has 8 nitrogen and oxygen atoms in total. The molecule has 1 atom stereocenters. The van der Waals surface area contributed by atoms with Crippen molar-refractivity contribution in [2.45, 2.75) is 32.4 Å². The number of nitrogens with zero attached hydrogens (tertiary/aromatic N) is 4. The summed E-state index contributed by atoms with van der Waals surface area (Å²) in [5.41, 5.74) is 2.01. The van der Waals surface area contributed by atoms with Crippen LogP contribution in [0, 0.1) is 0 Å². The van der Waals surface area contributed by atoms with Gasteiger partial charge in [-0.2, -0.15) is 5.10 Å². The van der Waals surface area contributed by atoms with E-state index in [4.69, 9.17) is 16.3 Å². The fourth-order valence-corrected chi connectivity index (χ4v) is 3.72. The van der Waals surface area contributed by atoms with E-state index in [-0.39, 0.29) is 24.4 Å². The second-order valence-corrected chi connectivity index (χ2v) is 7.12. The number of piperazine rings is 1. The van der Waals surface area contributed by atoms with Crippen LogP contribution in [-0.2, 0) is 34.3 Å². The molecule has 0 radical (unpaired) electrons. The molecule has 0 aliphatic carbocycles. The Morgan fingerprint density at radius 3 is 2.96 bits per heavy atom. The maximum atomic E-state index is 12.6. The van der Waals surface area contributed by atoms with E-state index in [2.05, 4.69) is 22.2 Å². The quantitative estimate of drug-likeness (QED) is 0.785. The van der Waals surface area contributed by atoms with Gasteiger partial charge in [0.2, 0.25) is 11.8 Å². The Morgan fingerprint density at radius 1 is 1.42 bits per heavy atom. The first-order valence-corrected chi connectivity index (χ1v) is 9.44. The van der Waals surface area contributed by atoms with Crippen LogP contribution in [0.25, 0.3) is 0 Å². The monoisotopic (exact) mass is 383 g/mol. The SMILES string of the molecule is CCc1nn(C)c(Cl)c1CN1CCOC[C@H]1CC(=O)N1CCNC(=O)C1. The summed E-state index contributed by atoms with van der Waals surface area (Å²) in [6, 6.07) is -0.0257. The van der Waals surface area contributed by atoms with Gasteiger partial charge in [-0.1, -0.05) is 18.5 Å². The maximum absolute atomic E-state index is 12.6. The van der Waals surface area contributed by atoms with Crippen LogP contribution in [0.4, 0.5) is 0 Å². The van der Waals surface area contributed by atoms with Gasteiger partial charge in [0, 0.05) is 51.3 Å². The molecular weight excluding hydrogens is 358 g/mol. The van der Waals surface area contributed by atoms with Crippen LogP contribution in [0.1, 0.15) is 24.6 Å². The van der Waals surface area contributed by atoms with Crippen LogP contribution in [0.5, 0.6) is 0 Å². The standard InChI is InChI=1S/C17H26ClN5O3/c1-3-14-13(17(18)21(2)20-14)9-22-6-7-26-11-12(22)8-16(25)23-5-4-19-15(24)10-23/h12H,3-11H2,1-2H3,(H,19,24)/t12-/m1/s1. The highest BCUT2D eigenvalue weighted by atomic mass is 35.5. The molecule has 3 rings (SSSR count). The highest BCUT2D eigenvalue weighted by Gasteiger charge is 2.30. The number of aryl methyl sites for hydroxylation is 2. The smallest absolute Gasteiger partial charge is 0.239 e. The van der Waals surface area contributed by atoms with Gasteiger partial charge in [0.25, 0.3) is 0 Å². The summed E-state index contributed by atoms with van der Waals surface area (Å²) in [5.74, 6) is -0.107. The average Bonchev–Trinajstić information content (AvgIpc) is 2.91. The Bertz CT molecular complexity index is 678. The first-order valence-electron chi connectivity index (χ1n) is 9.06. The molecule has 2 fully saturated rings. The zero-order chi connectivity index (χ0) is 18.7. The second kappa shape index (κ2) is 8.37. The van der Waals surface area contributed by atoms with Crippen molar-refractivity contribution in [3.8, 4) is 0 Å². The molecule has 3 heterocycles. The molecule has 2 aliphatic heterocycles. The van der Waals surface area contributed by atoms with E-state index in [0.29, 0.717) is 44.4 Å².